The molecule has 6 heteroatoms. The number of hydrogen-bond donors (Lipinski definition) is 3. The maximum Gasteiger partial charge on any atom is 0.295 e. The topological polar surface area (TPSA) is 79.0 Å². The fraction of sp³-hybridized carbons (Fsp3) is 0.636. The predicted molar refractivity (Wildman–Crippen MR) is 65.5 cm³/mol. The first-order valence-electron chi connectivity index (χ1n) is 5.90. The van der Waals surface area contributed by atoms with Crippen LogP contribution in [0.15, 0.2) is 11.1 Å². The van der Waals surface area contributed by atoms with Gasteiger partial charge in [0, 0.05) is 12.6 Å². The number of anilines is 1. The fourth-order valence-electron chi connectivity index (χ4n) is 2.02. The van der Waals surface area contributed by atoms with E-state index in [0.29, 0.717) is 11.9 Å². The fourth-order valence-corrected chi connectivity index (χ4v) is 2.02. The molecule has 1 unspecified atom stereocenters. The Balaban J connectivity index is 1.98. The highest BCUT2D eigenvalue weighted by Gasteiger charge is 2.14. The molecule has 0 saturated carbocycles. The van der Waals surface area contributed by atoms with Crippen LogP contribution >= 0.6 is 0 Å². The van der Waals surface area contributed by atoms with Crippen LogP contribution in [-0.4, -0.2) is 36.2 Å². The van der Waals surface area contributed by atoms with Crippen LogP contribution in [0.3, 0.4) is 0 Å². The average Bonchev–Trinajstić information content (AvgIpc) is 2.37. The van der Waals surface area contributed by atoms with E-state index in [-0.39, 0.29) is 11.3 Å². The summed E-state index contributed by atoms with van der Waals surface area (Å²) in [4.78, 5) is 18.0. The molecule has 0 aromatic carbocycles. The molecule has 3 N–H and O–H groups in total. The number of rotatable bonds is 4. The third kappa shape index (κ3) is 2.97. The summed E-state index contributed by atoms with van der Waals surface area (Å²) in [5.74, 6) is 0.743. The van der Waals surface area contributed by atoms with Crippen LogP contribution in [0.1, 0.15) is 19.3 Å². The number of aromatic amines is 1. The monoisotopic (exact) mass is 238 g/mol. The van der Waals surface area contributed by atoms with Gasteiger partial charge in [-0.25, -0.2) is 4.98 Å². The Morgan fingerprint density at radius 1 is 1.59 bits per heavy atom. The summed E-state index contributed by atoms with van der Waals surface area (Å²) in [5, 5.41) is 6.58. The summed E-state index contributed by atoms with van der Waals surface area (Å²) in [7, 11) is 1.47. The van der Waals surface area contributed by atoms with E-state index < -0.39 is 0 Å². The standard InChI is InChI=1S/C11H18N4O2/c1-17-9-10(14-7-15-11(9)16)13-6-8-4-2-3-5-12-8/h7-8,12H,2-6H2,1H3,(H2,13,14,15,16). The molecule has 1 saturated heterocycles. The Labute approximate surface area is 99.8 Å². The van der Waals surface area contributed by atoms with Gasteiger partial charge in [-0.2, -0.15) is 0 Å². The van der Waals surface area contributed by atoms with Gasteiger partial charge in [-0.3, -0.25) is 4.79 Å². The molecule has 1 aliphatic rings. The molecule has 2 rings (SSSR count). The smallest absolute Gasteiger partial charge is 0.295 e. The first-order valence-corrected chi connectivity index (χ1v) is 5.90. The van der Waals surface area contributed by atoms with Gasteiger partial charge in [0.15, 0.2) is 5.82 Å². The molecule has 17 heavy (non-hydrogen) atoms. The molecular formula is C11H18N4O2. The lowest BCUT2D eigenvalue weighted by atomic mass is 10.1. The average molecular weight is 238 g/mol. The number of aromatic nitrogens is 2. The van der Waals surface area contributed by atoms with Gasteiger partial charge in [-0.15, -0.1) is 0 Å². The van der Waals surface area contributed by atoms with E-state index in [1.165, 1.54) is 26.3 Å². The number of H-pyrrole nitrogens is 1. The number of ether oxygens (including phenoxy) is 1. The minimum absolute atomic E-state index is 0.239. The molecule has 6 nitrogen and oxygen atoms in total. The van der Waals surface area contributed by atoms with Crippen LogP contribution in [0.5, 0.6) is 5.75 Å². The number of nitrogens with zero attached hydrogens (tertiary/aromatic N) is 1. The van der Waals surface area contributed by atoms with E-state index in [1.54, 1.807) is 0 Å². The number of nitrogens with one attached hydrogen (secondary N) is 3. The quantitative estimate of drug-likeness (QED) is 0.704. The van der Waals surface area contributed by atoms with Crippen molar-refractivity contribution in [3.8, 4) is 5.75 Å². The second kappa shape index (κ2) is 5.67. The minimum Gasteiger partial charge on any atom is -0.489 e. The van der Waals surface area contributed by atoms with Crippen molar-refractivity contribution >= 4 is 5.82 Å². The number of methoxy groups -OCH3 is 1. The van der Waals surface area contributed by atoms with Gasteiger partial charge < -0.3 is 20.4 Å². The Kier molecular flexibility index (Phi) is 3.98. The Morgan fingerprint density at radius 2 is 2.47 bits per heavy atom. The van der Waals surface area contributed by atoms with Crippen LogP contribution < -0.4 is 20.9 Å². The van der Waals surface area contributed by atoms with Crippen molar-refractivity contribution in [3.05, 3.63) is 16.7 Å². The summed E-state index contributed by atoms with van der Waals surface area (Å²) >= 11 is 0. The zero-order valence-electron chi connectivity index (χ0n) is 9.95. The highest BCUT2D eigenvalue weighted by Crippen LogP contribution is 2.15. The van der Waals surface area contributed by atoms with Gasteiger partial charge in [-0.05, 0) is 19.4 Å². The molecule has 94 valence electrons. The van der Waals surface area contributed by atoms with Gasteiger partial charge >= 0.3 is 0 Å². The van der Waals surface area contributed by atoms with Crippen LogP contribution in [0, 0.1) is 0 Å². The Morgan fingerprint density at radius 3 is 3.18 bits per heavy atom. The molecule has 0 spiro atoms. The van der Waals surface area contributed by atoms with Crippen molar-refractivity contribution in [1.29, 1.82) is 0 Å². The predicted octanol–water partition coefficient (Wildman–Crippen LogP) is 0.332. The van der Waals surface area contributed by atoms with Gasteiger partial charge in [0.2, 0.25) is 5.75 Å². The molecular weight excluding hydrogens is 220 g/mol. The normalized spacial score (nSPS) is 19.9. The number of piperidine rings is 1. The summed E-state index contributed by atoms with van der Waals surface area (Å²) < 4.78 is 5.03. The summed E-state index contributed by atoms with van der Waals surface area (Å²) in [6.45, 7) is 1.82. The van der Waals surface area contributed by atoms with E-state index in [2.05, 4.69) is 20.6 Å². The second-order valence-corrected chi connectivity index (χ2v) is 4.14. The zero-order chi connectivity index (χ0) is 12.1. The lowest BCUT2D eigenvalue weighted by Gasteiger charge is -2.23. The van der Waals surface area contributed by atoms with Crippen LogP contribution in [-0.2, 0) is 0 Å². The van der Waals surface area contributed by atoms with Crippen molar-refractivity contribution in [2.45, 2.75) is 25.3 Å². The summed E-state index contributed by atoms with van der Waals surface area (Å²) in [5.41, 5.74) is -0.262. The van der Waals surface area contributed by atoms with Gasteiger partial charge in [0.25, 0.3) is 5.56 Å². The SMILES string of the molecule is COc1c(NCC2CCCCN2)nc[nH]c1=O. The van der Waals surface area contributed by atoms with Crippen LogP contribution in [0.25, 0.3) is 0 Å². The Hall–Kier alpha value is -1.56. The Bertz CT molecular complexity index is 412. The molecule has 0 amide bonds. The van der Waals surface area contributed by atoms with Crippen molar-refractivity contribution in [2.75, 3.05) is 25.5 Å². The summed E-state index contributed by atoms with van der Waals surface area (Å²) in [6.07, 6.45) is 5.02. The second-order valence-electron chi connectivity index (χ2n) is 4.14. The van der Waals surface area contributed by atoms with Gasteiger partial charge in [0.05, 0.1) is 13.4 Å². The first kappa shape index (κ1) is 11.9. The molecule has 0 radical (unpaired) electrons. The van der Waals surface area contributed by atoms with E-state index in [1.807, 2.05) is 0 Å². The van der Waals surface area contributed by atoms with E-state index in [0.717, 1.165) is 19.5 Å². The van der Waals surface area contributed by atoms with Crippen molar-refractivity contribution in [2.24, 2.45) is 0 Å². The summed E-state index contributed by atoms with van der Waals surface area (Å²) in [6, 6.07) is 0.439. The molecule has 0 bridgehead atoms. The first-order chi connectivity index (χ1) is 8.31. The van der Waals surface area contributed by atoms with Gasteiger partial charge in [-0.1, -0.05) is 6.42 Å². The van der Waals surface area contributed by atoms with E-state index >= 15 is 0 Å². The van der Waals surface area contributed by atoms with E-state index in [4.69, 9.17) is 4.74 Å². The molecule has 1 aromatic heterocycles. The zero-order valence-corrected chi connectivity index (χ0v) is 9.95. The van der Waals surface area contributed by atoms with Crippen molar-refractivity contribution < 1.29 is 4.74 Å². The molecule has 1 fully saturated rings. The maximum absolute atomic E-state index is 11.4. The number of hydrogen-bond acceptors (Lipinski definition) is 5. The molecule has 1 aliphatic heterocycles. The molecule has 0 aliphatic carbocycles. The highest BCUT2D eigenvalue weighted by atomic mass is 16.5. The van der Waals surface area contributed by atoms with Crippen molar-refractivity contribution in [3.63, 3.8) is 0 Å². The minimum atomic E-state index is -0.262. The van der Waals surface area contributed by atoms with Gasteiger partial charge in [0.1, 0.15) is 0 Å². The lowest BCUT2D eigenvalue weighted by Crippen LogP contribution is -2.39. The third-order valence-corrected chi connectivity index (χ3v) is 2.94. The third-order valence-electron chi connectivity index (χ3n) is 2.94. The molecule has 2 heterocycles. The van der Waals surface area contributed by atoms with E-state index in [9.17, 15) is 4.79 Å². The lowest BCUT2D eigenvalue weighted by molar-refractivity contribution is 0.402. The highest BCUT2D eigenvalue weighted by molar-refractivity contribution is 5.47. The largest absolute Gasteiger partial charge is 0.489 e. The maximum atomic E-state index is 11.4. The van der Waals surface area contributed by atoms with Crippen LogP contribution in [0.2, 0.25) is 0 Å². The van der Waals surface area contributed by atoms with Crippen LogP contribution in [0.4, 0.5) is 5.82 Å². The molecule has 1 atom stereocenters. The molecule has 1 aromatic rings. The van der Waals surface area contributed by atoms with Crippen molar-refractivity contribution in [1.82, 2.24) is 15.3 Å².